The fourth-order valence-electron chi connectivity index (χ4n) is 4.03. The summed E-state index contributed by atoms with van der Waals surface area (Å²) in [6, 6.07) is 19.2. The Hall–Kier alpha value is -4.51. The Balaban J connectivity index is 1.80. The highest BCUT2D eigenvalue weighted by Crippen LogP contribution is 2.43. The molecule has 1 heterocycles. The van der Waals surface area contributed by atoms with Crippen molar-refractivity contribution in [2.75, 3.05) is 42.0 Å². The van der Waals surface area contributed by atoms with Crippen LogP contribution in [0.25, 0.3) is 11.3 Å². The second-order valence-corrected chi connectivity index (χ2v) is 10.1. The van der Waals surface area contributed by atoms with E-state index in [0.717, 1.165) is 16.1 Å². The molecule has 10 nitrogen and oxygen atoms in total. The van der Waals surface area contributed by atoms with Gasteiger partial charge >= 0.3 is 0 Å². The first-order valence-corrected chi connectivity index (χ1v) is 13.0. The third-order valence-electron chi connectivity index (χ3n) is 5.71. The average molecular weight is 523 g/mol. The van der Waals surface area contributed by atoms with Crippen LogP contribution in [-0.2, 0) is 19.6 Å². The molecule has 1 aliphatic heterocycles. The topological polar surface area (TPSA) is 140 Å². The molecule has 1 aliphatic rings. The summed E-state index contributed by atoms with van der Waals surface area (Å²) in [6.45, 7) is -0.479. The van der Waals surface area contributed by atoms with E-state index >= 15 is 0 Å². The van der Waals surface area contributed by atoms with Gasteiger partial charge in [-0.1, -0.05) is 30.3 Å². The number of anilines is 3. The van der Waals surface area contributed by atoms with Gasteiger partial charge in [-0.05, 0) is 35.9 Å². The summed E-state index contributed by atoms with van der Waals surface area (Å²) in [6.07, 6.45) is 0.999. The summed E-state index contributed by atoms with van der Waals surface area (Å²) in [5.74, 6) is -0.124. The number of nitrogens with zero attached hydrogens (tertiary/aromatic N) is 1. The van der Waals surface area contributed by atoms with Crippen LogP contribution in [0.2, 0.25) is 0 Å². The number of primary amides is 1. The number of rotatable bonds is 9. The van der Waals surface area contributed by atoms with Gasteiger partial charge < -0.3 is 25.8 Å². The Morgan fingerprint density at radius 1 is 1.00 bits per heavy atom. The lowest BCUT2D eigenvalue weighted by Crippen LogP contribution is -2.37. The molecule has 0 unspecified atom stereocenters. The Kier molecular flexibility index (Phi) is 7.07. The molecule has 2 amide bonds. The molecule has 0 aliphatic carbocycles. The van der Waals surface area contributed by atoms with Gasteiger partial charge in [0.25, 0.3) is 5.91 Å². The maximum atomic E-state index is 13.2. The molecule has 4 rings (SSSR count). The zero-order valence-electron chi connectivity index (χ0n) is 20.4. The second-order valence-electron chi connectivity index (χ2n) is 8.23. The Bertz CT molecular complexity index is 1490. The fraction of sp³-hybridized carbons (Fsp3) is 0.154. The number of hydrogen-bond acceptors (Lipinski definition) is 7. The Labute approximate surface area is 214 Å². The van der Waals surface area contributed by atoms with E-state index < -0.39 is 22.5 Å². The van der Waals surface area contributed by atoms with E-state index in [0.29, 0.717) is 39.7 Å². The normalized spacial score (nSPS) is 13.9. The molecule has 0 spiro atoms. The van der Waals surface area contributed by atoms with E-state index in [1.807, 2.05) is 30.3 Å². The van der Waals surface area contributed by atoms with E-state index in [1.54, 1.807) is 36.4 Å². The van der Waals surface area contributed by atoms with Crippen LogP contribution in [0.15, 0.2) is 66.7 Å². The largest absolute Gasteiger partial charge is 0.493 e. The lowest BCUT2D eigenvalue weighted by Gasteiger charge is -2.21. The molecule has 0 saturated heterocycles. The van der Waals surface area contributed by atoms with Gasteiger partial charge in [0.2, 0.25) is 15.9 Å². The smallest absolute Gasteiger partial charge is 0.258 e. The molecule has 0 bridgehead atoms. The molecule has 0 atom stereocenters. The Morgan fingerprint density at radius 2 is 1.62 bits per heavy atom. The predicted octanol–water partition coefficient (Wildman–Crippen LogP) is 2.89. The van der Waals surface area contributed by atoms with Crippen molar-refractivity contribution in [3.8, 4) is 11.5 Å². The highest BCUT2D eigenvalue weighted by atomic mass is 32.2. The van der Waals surface area contributed by atoms with Gasteiger partial charge in [-0.3, -0.25) is 13.9 Å². The van der Waals surface area contributed by atoms with Crippen LogP contribution in [0.4, 0.5) is 17.1 Å². The monoisotopic (exact) mass is 522 g/mol. The van der Waals surface area contributed by atoms with Crippen molar-refractivity contribution in [2.24, 2.45) is 5.73 Å². The van der Waals surface area contributed by atoms with Crippen LogP contribution >= 0.6 is 0 Å². The van der Waals surface area contributed by atoms with E-state index in [2.05, 4.69) is 10.6 Å². The number of nitrogens with two attached hydrogens (primary N) is 1. The summed E-state index contributed by atoms with van der Waals surface area (Å²) in [7, 11) is -0.688. The number of benzene rings is 3. The number of nitrogens with one attached hydrogen (secondary N) is 2. The number of fused-ring (bicyclic) bond motifs is 1. The van der Waals surface area contributed by atoms with Crippen LogP contribution in [0, 0.1) is 0 Å². The number of hydrogen-bond donors (Lipinski definition) is 3. The molecule has 0 saturated carbocycles. The van der Waals surface area contributed by atoms with Crippen LogP contribution in [0.1, 0.15) is 11.1 Å². The van der Waals surface area contributed by atoms with E-state index in [1.165, 1.54) is 14.2 Å². The van der Waals surface area contributed by atoms with Gasteiger partial charge in [-0.25, -0.2) is 8.42 Å². The maximum absolute atomic E-state index is 13.2. The lowest BCUT2D eigenvalue weighted by atomic mass is 9.99. The zero-order valence-corrected chi connectivity index (χ0v) is 21.3. The van der Waals surface area contributed by atoms with Crippen molar-refractivity contribution in [3.05, 3.63) is 77.9 Å². The fourth-order valence-corrected chi connectivity index (χ4v) is 4.89. The third-order valence-corrected chi connectivity index (χ3v) is 6.85. The van der Waals surface area contributed by atoms with Crippen molar-refractivity contribution in [1.82, 2.24) is 0 Å². The van der Waals surface area contributed by atoms with Crippen LogP contribution in [0.3, 0.4) is 0 Å². The number of ether oxygens (including phenoxy) is 2. The van der Waals surface area contributed by atoms with Crippen molar-refractivity contribution >= 4 is 50.2 Å². The van der Waals surface area contributed by atoms with Crippen LogP contribution < -0.4 is 30.1 Å². The van der Waals surface area contributed by atoms with E-state index in [9.17, 15) is 18.0 Å². The van der Waals surface area contributed by atoms with E-state index in [-0.39, 0.29) is 11.6 Å². The second kappa shape index (κ2) is 10.2. The van der Waals surface area contributed by atoms with Gasteiger partial charge in [-0.2, -0.15) is 0 Å². The van der Waals surface area contributed by atoms with Gasteiger partial charge in [0.15, 0.2) is 11.5 Å². The highest BCUT2D eigenvalue weighted by molar-refractivity contribution is 7.92. The highest BCUT2D eigenvalue weighted by Gasteiger charge is 2.30. The molecular formula is C26H26N4O6S. The van der Waals surface area contributed by atoms with Gasteiger partial charge in [-0.15, -0.1) is 0 Å². The van der Waals surface area contributed by atoms with Crippen molar-refractivity contribution < 1.29 is 27.5 Å². The number of sulfonamides is 1. The molecule has 4 N–H and O–H groups in total. The number of methoxy groups -OCH3 is 2. The summed E-state index contributed by atoms with van der Waals surface area (Å²) < 4.78 is 36.1. The molecule has 0 aromatic heterocycles. The summed E-state index contributed by atoms with van der Waals surface area (Å²) in [4.78, 5) is 24.6. The third kappa shape index (κ3) is 5.36. The lowest BCUT2D eigenvalue weighted by molar-refractivity contribution is -0.116. The minimum absolute atomic E-state index is 0.279. The molecule has 3 aromatic carbocycles. The van der Waals surface area contributed by atoms with E-state index in [4.69, 9.17) is 15.2 Å². The predicted molar refractivity (Wildman–Crippen MR) is 143 cm³/mol. The summed E-state index contributed by atoms with van der Waals surface area (Å²) in [5.41, 5.74) is 9.01. The van der Waals surface area contributed by atoms with Gasteiger partial charge in [0.1, 0.15) is 6.54 Å². The van der Waals surface area contributed by atoms with Crippen LogP contribution in [-0.4, -0.2) is 47.3 Å². The van der Waals surface area contributed by atoms with Gasteiger partial charge in [0.05, 0.1) is 43.1 Å². The van der Waals surface area contributed by atoms with Crippen LogP contribution in [0.5, 0.6) is 11.5 Å². The van der Waals surface area contributed by atoms with Gasteiger partial charge in [0, 0.05) is 17.3 Å². The molecule has 0 radical (unpaired) electrons. The molecule has 192 valence electrons. The summed E-state index contributed by atoms with van der Waals surface area (Å²) >= 11 is 0. The first-order valence-electron chi connectivity index (χ1n) is 11.1. The minimum atomic E-state index is -3.73. The molecular weight excluding hydrogens is 496 g/mol. The quantitative estimate of drug-likeness (QED) is 0.367. The van der Waals surface area contributed by atoms with Crippen molar-refractivity contribution in [1.29, 1.82) is 0 Å². The summed E-state index contributed by atoms with van der Waals surface area (Å²) in [5, 5.41) is 6.19. The standard InChI is InChI=1S/C26H26N4O6S/c1-35-21-13-19-20(14-22(21)36-2)29-26(32)24(19)25(16-7-5-4-6-8-16)28-17-9-11-18(12-10-17)30(15-23(27)31)37(3,33)34/h4-14,28H,15H2,1-3H3,(H2,27,31)(H,29,32). The first-order chi connectivity index (χ1) is 17.6. The molecule has 11 heteroatoms. The zero-order chi connectivity index (χ0) is 26.7. The number of carbonyl (C=O) groups excluding carboxylic acids is 2. The molecule has 3 aromatic rings. The minimum Gasteiger partial charge on any atom is -0.493 e. The molecule has 37 heavy (non-hydrogen) atoms. The number of amides is 2. The number of carbonyl (C=O) groups is 2. The maximum Gasteiger partial charge on any atom is 0.258 e. The van der Waals surface area contributed by atoms with Crippen molar-refractivity contribution in [3.63, 3.8) is 0 Å². The first kappa shape index (κ1) is 25.6. The average Bonchev–Trinajstić information content (AvgIpc) is 3.19. The molecule has 0 fully saturated rings. The van der Waals surface area contributed by atoms with Crippen molar-refractivity contribution in [2.45, 2.75) is 0 Å². The SMILES string of the molecule is COc1cc2c(cc1OC)C(=C(Nc1ccc(N(CC(N)=O)S(C)(=O)=O)cc1)c1ccccc1)C(=O)N2. The Morgan fingerprint density at radius 3 is 2.19 bits per heavy atom.